The fourth-order valence-electron chi connectivity index (χ4n) is 3.15. The topological polar surface area (TPSA) is 147 Å². The summed E-state index contributed by atoms with van der Waals surface area (Å²) in [5, 5.41) is 0.220. The molecule has 0 radical (unpaired) electrons. The molecule has 0 amide bonds. The summed E-state index contributed by atoms with van der Waals surface area (Å²) >= 11 is 0. The standard InChI is InChI=1S/C22H17NO8S3.K/c24-32(25,18-7-3-1-4-8-18)23-17-11-12-21-16(13-17)14-20(33(26,27)28)15-22(21)31-34(29,30)19-9-5-2-6-10-19;/h1-15,23H,(H,26,27,28);/q;+1/p-1. The van der Waals surface area contributed by atoms with E-state index in [9.17, 15) is 29.8 Å². The zero-order valence-corrected chi connectivity index (χ0v) is 23.7. The van der Waals surface area contributed by atoms with E-state index < -0.39 is 40.9 Å². The number of fused-ring (bicyclic) bond motifs is 1. The summed E-state index contributed by atoms with van der Waals surface area (Å²) in [6, 6.07) is 20.5. The molecule has 0 fully saturated rings. The van der Waals surface area contributed by atoms with E-state index in [4.69, 9.17) is 4.18 Å². The van der Waals surface area contributed by atoms with E-state index in [2.05, 4.69) is 4.72 Å². The van der Waals surface area contributed by atoms with Crippen LogP contribution in [0.5, 0.6) is 5.75 Å². The monoisotopic (exact) mass is 557 g/mol. The van der Waals surface area contributed by atoms with Crippen LogP contribution in [0.15, 0.2) is 106 Å². The SMILES string of the molecule is O=S(=O)([O-])c1cc(OS(=O)(=O)c2ccccc2)c2ccc(NS(=O)(=O)c3ccccc3)cc2c1.[K+]. The van der Waals surface area contributed by atoms with Gasteiger partial charge in [-0.25, -0.2) is 16.8 Å². The van der Waals surface area contributed by atoms with E-state index >= 15 is 0 Å². The minimum atomic E-state index is -4.99. The van der Waals surface area contributed by atoms with Crippen LogP contribution in [-0.2, 0) is 30.3 Å². The van der Waals surface area contributed by atoms with Gasteiger partial charge in [0.2, 0.25) is 0 Å². The molecule has 0 aliphatic rings. The van der Waals surface area contributed by atoms with E-state index in [1.54, 1.807) is 24.3 Å². The Morgan fingerprint density at radius 2 is 1.23 bits per heavy atom. The average molecular weight is 558 g/mol. The van der Waals surface area contributed by atoms with Crippen LogP contribution in [0.4, 0.5) is 5.69 Å². The second-order valence-electron chi connectivity index (χ2n) is 7.08. The molecule has 176 valence electrons. The molecular weight excluding hydrogens is 542 g/mol. The first-order chi connectivity index (χ1) is 16.0. The first kappa shape index (κ1) is 27.8. The number of rotatable bonds is 7. The number of hydrogen-bond donors (Lipinski definition) is 1. The van der Waals surface area contributed by atoms with Gasteiger partial charge in [-0.3, -0.25) is 4.72 Å². The molecule has 13 heteroatoms. The minimum absolute atomic E-state index is 0. The number of benzene rings is 4. The molecule has 4 aromatic carbocycles. The van der Waals surface area contributed by atoms with Crippen molar-refractivity contribution in [3.8, 4) is 5.75 Å². The summed E-state index contributed by atoms with van der Waals surface area (Å²) in [4.78, 5) is -0.906. The molecule has 0 aromatic heterocycles. The van der Waals surface area contributed by atoms with E-state index in [0.29, 0.717) is 0 Å². The third kappa shape index (κ3) is 6.50. The normalized spacial score (nSPS) is 12.0. The van der Waals surface area contributed by atoms with Crippen molar-refractivity contribution in [3.05, 3.63) is 91.0 Å². The Morgan fingerprint density at radius 3 is 1.80 bits per heavy atom. The van der Waals surface area contributed by atoms with Gasteiger partial charge in [0.15, 0.2) is 5.75 Å². The predicted octanol–water partition coefficient (Wildman–Crippen LogP) is 0.316. The van der Waals surface area contributed by atoms with E-state index in [1.807, 2.05) is 0 Å². The molecule has 0 spiro atoms. The van der Waals surface area contributed by atoms with Crippen LogP contribution in [0.2, 0.25) is 0 Å². The van der Waals surface area contributed by atoms with Crippen molar-refractivity contribution in [2.75, 3.05) is 4.72 Å². The van der Waals surface area contributed by atoms with Crippen LogP contribution >= 0.6 is 0 Å². The molecule has 35 heavy (non-hydrogen) atoms. The molecule has 0 saturated carbocycles. The first-order valence-electron chi connectivity index (χ1n) is 9.57. The quantitative estimate of drug-likeness (QED) is 0.194. The van der Waals surface area contributed by atoms with Gasteiger partial charge in [-0.1, -0.05) is 36.4 Å². The maximum Gasteiger partial charge on any atom is 1.00 e. The largest absolute Gasteiger partial charge is 1.00 e. The van der Waals surface area contributed by atoms with Gasteiger partial charge in [0.1, 0.15) is 15.0 Å². The Labute approximate surface area is 245 Å². The van der Waals surface area contributed by atoms with Gasteiger partial charge in [-0.05, 0) is 53.9 Å². The Bertz CT molecular complexity index is 1690. The summed E-state index contributed by atoms with van der Waals surface area (Å²) in [5.74, 6) is -0.395. The molecule has 0 aliphatic heterocycles. The molecule has 0 heterocycles. The third-order valence-corrected chi connectivity index (χ3v) is 8.17. The Hall–Kier alpha value is -1.81. The van der Waals surface area contributed by atoms with Crippen molar-refractivity contribution in [2.24, 2.45) is 0 Å². The molecular formula is C22H16KNO8S3. The van der Waals surface area contributed by atoms with Crippen LogP contribution in [0.3, 0.4) is 0 Å². The fraction of sp³-hybridized carbons (Fsp3) is 0. The molecule has 0 unspecified atom stereocenters. The Morgan fingerprint density at radius 1 is 0.657 bits per heavy atom. The van der Waals surface area contributed by atoms with Crippen molar-refractivity contribution < 1.29 is 85.4 Å². The van der Waals surface area contributed by atoms with Crippen LogP contribution < -0.4 is 60.3 Å². The molecule has 0 aliphatic carbocycles. The van der Waals surface area contributed by atoms with E-state index in [1.165, 1.54) is 54.6 Å². The van der Waals surface area contributed by atoms with Gasteiger partial charge >= 0.3 is 61.5 Å². The first-order valence-corrected chi connectivity index (χ1v) is 13.9. The predicted molar refractivity (Wildman–Crippen MR) is 123 cm³/mol. The van der Waals surface area contributed by atoms with Crippen molar-refractivity contribution in [2.45, 2.75) is 14.7 Å². The summed E-state index contributed by atoms with van der Waals surface area (Å²) in [6.45, 7) is 0. The molecule has 4 aromatic rings. The van der Waals surface area contributed by atoms with Crippen molar-refractivity contribution in [1.29, 1.82) is 0 Å². The van der Waals surface area contributed by atoms with Crippen LogP contribution in [0, 0.1) is 0 Å². The van der Waals surface area contributed by atoms with E-state index in [-0.39, 0.29) is 77.6 Å². The van der Waals surface area contributed by atoms with Crippen molar-refractivity contribution in [1.82, 2.24) is 0 Å². The van der Waals surface area contributed by atoms with Crippen LogP contribution in [-0.4, -0.2) is 29.8 Å². The van der Waals surface area contributed by atoms with Crippen molar-refractivity contribution >= 4 is 46.7 Å². The zero-order valence-electron chi connectivity index (χ0n) is 18.2. The second-order valence-corrected chi connectivity index (χ2v) is 11.7. The molecule has 4 rings (SSSR count). The number of nitrogens with one attached hydrogen (secondary N) is 1. The van der Waals surface area contributed by atoms with Gasteiger partial charge in [0, 0.05) is 17.1 Å². The molecule has 0 saturated heterocycles. The van der Waals surface area contributed by atoms with E-state index in [0.717, 1.165) is 12.1 Å². The molecule has 9 nitrogen and oxygen atoms in total. The van der Waals surface area contributed by atoms with Gasteiger partial charge < -0.3 is 8.74 Å². The Balaban J connectivity index is 0.00000342. The van der Waals surface area contributed by atoms with Crippen LogP contribution in [0.1, 0.15) is 0 Å². The van der Waals surface area contributed by atoms with Gasteiger partial charge in [0.05, 0.1) is 9.79 Å². The number of hydrogen-bond acceptors (Lipinski definition) is 8. The third-order valence-electron chi connectivity index (χ3n) is 4.71. The smallest absolute Gasteiger partial charge is 0.744 e. The fourth-order valence-corrected chi connectivity index (χ4v) is 5.71. The van der Waals surface area contributed by atoms with Gasteiger partial charge in [-0.15, -0.1) is 0 Å². The molecule has 0 bridgehead atoms. The number of sulfonamides is 1. The molecule has 0 atom stereocenters. The van der Waals surface area contributed by atoms with Crippen molar-refractivity contribution in [3.63, 3.8) is 0 Å². The summed E-state index contributed by atoms with van der Waals surface area (Å²) < 4.78 is 93.2. The second kappa shape index (κ2) is 10.7. The number of anilines is 1. The van der Waals surface area contributed by atoms with Gasteiger partial charge in [0.25, 0.3) is 10.0 Å². The summed E-state index contributed by atoms with van der Waals surface area (Å²) in [7, 11) is -13.3. The maximum atomic E-state index is 12.7. The maximum absolute atomic E-state index is 12.7. The van der Waals surface area contributed by atoms with Gasteiger partial charge in [-0.2, -0.15) is 8.42 Å². The minimum Gasteiger partial charge on any atom is -0.744 e. The average Bonchev–Trinajstić information content (AvgIpc) is 2.79. The molecule has 1 N–H and O–H groups in total. The summed E-state index contributed by atoms with van der Waals surface area (Å²) in [6.07, 6.45) is 0. The van der Waals surface area contributed by atoms with Crippen LogP contribution in [0.25, 0.3) is 10.8 Å². The zero-order chi connectivity index (χ0) is 24.6. The Kier molecular flexibility index (Phi) is 8.46. The summed E-state index contributed by atoms with van der Waals surface area (Å²) in [5.41, 5.74) is 0.0636.